The number of nitrogens with two attached hydrogens (primary N) is 1. The second-order valence-corrected chi connectivity index (χ2v) is 6.86. The van der Waals surface area contributed by atoms with E-state index in [2.05, 4.69) is 20.8 Å². The van der Waals surface area contributed by atoms with Crippen LogP contribution in [-0.4, -0.2) is 24.8 Å². The maximum atomic E-state index is 6.22. The lowest BCUT2D eigenvalue weighted by atomic mass is 9.57. The van der Waals surface area contributed by atoms with E-state index in [4.69, 9.17) is 15.0 Å². The summed E-state index contributed by atoms with van der Waals surface area (Å²) in [7, 11) is -0.174. The molecule has 2 bridgehead atoms. The van der Waals surface area contributed by atoms with E-state index in [9.17, 15) is 0 Å². The van der Waals surface area contributed by atoms with Gasteiger partial charge in [0.05, 0.1) is 11.7 Å². The molecule has 1 saturated heterocycles. The minimum Gasteiger partial charge on any atom is -0.404 e. The van der Waals surface area contributed by atoms with E-state index in [1.54, 1.807) is 0 Å². The third-order valence-corrected chi connectivity index (χ3v) is 4.99. The molecule has 0 aromatic rings. The fraction of sp³-hybridized carbons (Fsp3) is 1.00. The van der Waals surface area contributed by atoms with Gasteiger partial charge in [-0.05, 0) is 50.4 Å². The lowest BCUT2D eigenvalue weighted by molar-refractivity contribution is -0.114. The summed E-state index contributed by atoms with van der Waals surface area (Å²) in [5, 5.41) is 0. The average molecular weight is 237 g/mol. The largest absolute Gasteiger partial charge is 0.475 e. The second-order valence-electron chi connectivity index (χ2n) is 6.86. The van der Waals surface area contributed by atoms with Crippen LogP contribution in [0.5, 0.6) is 0 Å². The van der Waals surface area contributed by atoms with Crippen molar-refractivity contribution in [3.05, 3.63) is 0 Å². The number of hydrogen-bond donors (Lipinski definition) is 1. The van der Waals surface area contributed by atoms with Gasteiger partial charge in [0.25, 0.3) is 0 Å². The van der Waals surface area contributed by atoms with Gasteiger partial charge in [-0.3, -0.25) is 0 Å². The maximum absolute atomic E-state index is 6.22. The van der Waals surface area contributed by atoms with E-state index >= 15 is 0 Å². The highest BCUT2D eigenvalue weighted by molar-refractivity contribution is 6.47. The van der Waals surface area contributed by atoms with E-state index in [1.165, 1.54) is 19.3 Å². The molecule has 0 amide bonds. The standard InChI is InChI=1S/C13H24BNO2/c1-8(2)4-12(15)14-16-11-7-9-5-10(6-9)13(11,3)17-14/h8-12H,4-7,15H2,1-3H3/t9?,10?,11-,12-,13+/m1/s1. The number of hydrogen-bond acceptors (Lipinski definition) is 3. The highest BCUT2D eigenvalue weighted by Crippen LogP contribution is 2.56. The molecule has 0 radical (unpaired) electrons. The van der Waals surface area contributed by atoms with Crippen molar-refractivity contribution in [3.8, 4) is 0 Å². The molecule has 3 nitrogen and oxygen atoms in total. The lowest BCUT2D eigenvalue weighted by Crippen LogP contribution is -2.56. The molecule has 0 aromatic carbocycles. The molecule has 4 aliphatic rings. The molecule has 3 saturated carbocycles. The summed E-state index contributed by atoms with van der Waals surface area (Å²) in [6.45, 7) is 6.63. The Morgan fingerprint density at radius 3 is 2.65 bits per heavy atom. The predicted molar refractivity (Wildman–Crippen MR) is 68.4 cm³/mol. The zero-order chi connectivity index (χ0) is 12.2. The van der Waals surface area contributed by atoms with Crippen molar-refractivity contribution in [3.63, 3.8) is 0 Å². The Kier molecular flexibility index (Phi) is 2.80. The van der Waals surface area contributed by atoms with Crippen LogP contribution in [0.1, 0.15) is 46.5 Å². The van der Waals surface area contributed by atoms with Gasteiger partial charge in [-0.25, -0.2) is 0 Å². The molecule has 4 fully saturated rings. The molecule has 3 aliphatic carbocycles. The quantitative estimate of drug-likeness (QED) is 0.763. The molecule has 4 heteroatoms. The average Bonchev–Trinajstić information content (AvgIpc) is 2.52. The summed E-state index contributed by atoms with van der Waals surface area (Å²) in [6, 6.07) is 0. The predicted octanol–water partition coefficient (Wildman–Crippen LogP) is 1.99. The Morgan fingerprint density at radius 1 is 1.35 bits per heavy atom. The summed E-state index contributed by atoms with van der Waals surface area (Å²) >= 11 is 0. The Balaban J connectivity index is 1.67. The highest BCUT2D eigenvalue weighted by atomic mass is 16.7. The van der Waals surface area contributed by atoms with Crippen LogP contribution in [0, 0.1) is 17.8 Å². The molecule has 0 unspecified atom stereocenters. The van der Waals surface area contributed by atoms with Gasteiger partial charge >= 0.3 is 7.12 Å². The summed E-state index contributed by atoms with van der Waals surface area (Å²) in [5.74, 6) is 2.22. The molecule has 3 atom stereocenters. The van der Waals surface area contributed by atoms with Crippen LogP contribution in [0.4, 0.5) is 0 Å². The van der Waals surface area contributed by atoms with Crippen molar-refractivity contribution in [1.82, 2.24) is 0 Å². The molecule has 17 heavy (non-hydrogen) atoms. The van der Waals surface area contributed by atoms with Crippen LogP contribution in [0.25, 0.3) is 0 Å². The van der Waals surface area contributed by atoms with Crippen LogP contribution in [0.15, 0.2) is 0 Å². The Bertz CT molecular complexity index is 306. The third kappa shape index (κ3) is 1.85. The number of rotatable bonds is 3. The van der Waals surface area contributed by atoms with Crippen molar-refractivity contribution in [2.75, 3.05) is 0 Å². The molecule has 4 rings (SSSR count). The first-order chi connectivity index (χ1) is 7.99. The summed E-state index contributed by atoms with van der Waals surface area (Å²) in [4.78, 5) is 0. The van der Waals surface area contributed by atoms with Crippen molar-refractivity contribution < 1.29 is 9.31 Å². The van der Waals surface area contributed by atoms with Gasteiger partial charge in [0.15, 0.2) is 0 Å². The van der Waals surface area contributed by atoms with E-state index in [0.717, 1.165) is 12.3 Å². The van der Waals surface area contributed by atoms with E-state index in [-0.39, 0.29) is 18.7 Å². The van der Waals surface area contributed by atoms with Crippen LogP contribution in [0.3, 0.4) is 0 Å². The topological polar surface area (TPSA) is 44.5 Å². The summed E-state index contributed by atoms with van der Waals surface area (Å²) < 4.78 is 12.3. The summed E-state index contributed by atoms with van der Waals surface area (Å²) in [5.41, 5.74) is 6.15. The van der Waals surface area contributed by atoms with Crippen LogP contribution in [-0.2, 0) is 9.31 Å². The van der Waals surface area contributed by atoms with Gasteiger partial charge < -0.3 is 15.0 Å². The molecule has 1 heterocycles. The minimum absolute atomic E-state index is 0.0228. The first kappa shape index (κ1) is 12.0. The van der Waals surface area contributed by atoms with Crippen LogP contribution >= 0.6 is 0 Å². The smallest absolute Gasteiger partial charge is 0.404 e. The lowest BCUT2D eigenvalue weighted by Gasteiger charge is -2.53. The molecule has 1 aliphatic heterocycles. The van der Waals surface area contributed by atoms with Gasteiger partial charge in [-0.1, -0.05) is 13.8 Å². The van der Waals surface area contributed by atoms with Crippen molar-refractivity contribution in [1.29, 1.82) is 0 Å². The van der Waals surface area contributed by atoms with Crippen molar-refractivity contribution in [2.45, 2.75) is 64.1 Å². The van der Waals surface area contributed by atoms with E-state index in [0.29, 0.717) is 17.9 Å². The van der Waals surface area contributed by atoms with Gasteiger partial charge in [-0.2, -0.15) is 0 Å². The summed E-state index contributed by atoms with van der Waals surface area (Å²) in [6.07, 6.45) is 5.12. The molecular formula is C13H24BNO2. The first-order valence-electron chi connectivity index (χ1n) is 7.08. The van der Waals surface area contributed by atoms with Gasteiger partial charge in [0, 0.05) is 5.94 Å². The van der Waals surface area contributed by atoms with Gasteiger partial charge in [0.1, 0.15) is 0 Å². The fourth-order valence-electron chi connectivity index (χ4n) is 3.84. The molecule has 96 valence electrons. The first-order valence-corrected chi connectivity index (χ1v) is 7.08. The van der Waals surface area contributed by atoms with Gasteiger partial charge in [-0.15, -0.1) is 0 Å². The monoisotopic (exact) mass is 237 g/mol. The van der Waals surface area contributed by atoms with Crippen molar-refractivity contribution >= 4 is 7.12 Å². The fourth-order valence-corrected chi connectivity index (χ4v) is 3.84. The Hall–Kier alpha value is -0.0551. The molecular weight excluding hydrogens is 213 g/mol. The Morgan fingerprint density at radius 2 is 2.06 bits per heavy atom. The van der Waals surface area contributed by atoms with Crippen molar-refractivity contribution in [2.24, 2.45) is 23.5 Å². The van der Waals surface area contributed by atoms with E-state index < -0.39 is 0 Å². The third-order valence-electron chi connectivity index (χ3n) is 4.99. The molecule has 2 N–H and O–H groups in total. The Labute approximate surface area is 105 Å². The normalized spacial score (nSPS) is 45.7. The van der Waals surface area contributed by atoms with Crippen LogP contribution in [0.2, 0.25) is 0 Å². The molecule has 0 aromatic heterocycles. The zero-order valence-corrected chi connectivity index (χ0v) is 11.2. The van der Waals surface area contributed by atoms with Crippen LogP contribution < -0.4 is 5.73 Å². The highest BCUT2D eigenvalue weighted by Gasteiger charge is 2.61. The maximum Gasteiger partial charge on any atom is 0.475 e. The minimum atomic E-state index is -0.174. The molecule has 0 spiro atoms. The van der Waals surface area contributed by atoms with Gasteiger partial charge in [0.2, 0.25) is 0 Å². The zero-order valence-electron chi connectivity index (χ0n) is 11.2. The van der Waals surface area contributed by atoms with E-state index in [1.807, 2.05) is 0 Å². The second kappa shape index (κ2) is 3.97. The SMILES string of the molecule is CC(C)C[C@@H](N)B1O[C@@H]2CC3CC(C3)[C@]2(C)O1.